The molecule has 1 unspecified atom stereocenters. The fraction of sp³-hybridized carbons (Fsp3) is 0.357. The second kappa shape index (κ2) is 4.20. The first kappa shape index (κ1) is 11.1. The molecule has 0 fully saturated rings. The zero-order valence-corrected chi connectivity index (χ0v) is 9.92. The second-order valence-corrected chi connectivity index (χ2v) is 4.26. The molecule has 0 amide bonds. The Morgan fingerprint density at radius 2 is 1.88 bits per heavy atom. The average Bonchev–Trinajstić information content (AvgIpc) is 2.28. The lowest BCUT2D eigenvalue weighted by Gasteiger charge is -2.14. The molecule has 1 aromatic carbocycles. The molecule has 0 aliphatic rings. The van der Waals surface area contributed by atoms with Gasteiger partial charge in [0.05, 0.1) is 0 Å². The highest BCUT2D eigenvalue weighted by Gasteiger charge is 2.15. The summed E-state index contributed by atoms with van der Waals surface area (Å²) in [6.45, 7) is 5.96. The molecule has 0 saturated carbocycles. The summed E-state index contributed by atoms with van der Waals surface area (Å²) in [7, 11) is 0. The number of nitrogens with zero attached hydrogens (tertiary/aromatic N) is 1. The highest BCUT2D eigenvalue weighted by atomic mass is 19.1. The van der Waals surface area contributed by atoms with Gasteiger partial charge in [-0.2, -0.15) is 4.39 Å². The first-order chi connectivity index (χ1) is 7.65. The predicted molar refractivity (Wildman–Crippen MR) is 65.1 cm³/mol. The molecule has 0 saturated heterocycles. The number of benzene rings is 1. The van der Waals surface area contributed by atoms with Crippen LogP contribution in [0.4, 0.5) is 4.39 Å². The van der Waals surface area contributed by atoms with Crippen LogP contribution in [0, 0.1) is 12.9 Å². The maximum absolute atomic E-state index is 13.9. The molecule has 0 spiro atoms. The maximum atomic E-state index is 13.9. The third-order valence-electron chi connectivity index (χ3n) is 3.20. The summed E-state index contributed by atoms with van der Waals surface area (Å²) in [5.74, 6) is -0.108. The molecule has 84 valence electrons. The monoisotopic (exact) mass is 217 g/mol. The Morgan fingerprint density at radius 3 is 2.50 bits per heavy atom. The van der Waals surface area contributed by atoms with E-state index in [0.29, 0.717) is 0 Å². The minimum Gasteiger partial charge on any atom is -0.224 e. The minimum absolute atomic E-state index is 0.206. The standard InChI is InChI=1S/C14H16FN/c1-4-9(2)13-12-8-6-5-7-11(12)10(3)16-14(13)15/h5-9H,4H2,1-3H3. The van der Waals surface area contributed by atoms with E-state index in [0.717, 1.165) is 28.5 Å². The van der Waals surface area contributed by atoms with Crippen LogP contribution >= 0.6 is 0 Å². The number of hydrogen-bond donors (Lipinski definition) is 0. The molecule has 0 bridgehead atoms. The fourth-order valence-corrected chi connectivity index (χ4v) is 2.09. The molecule has 0 N–H and O–H groups in total. The van der Waals surface area contributed by atoms with Gasteiger partial charge in [-0.15, -0.1) is 0 Å². The first-order valence-electron chi connectivity index (χ1n) is 5.69. The van der Waals surface area contributed by atoms with E-state index in [2.05, 4.69) is 11.9 Å². The van der Waals surface area contributed by atoms with Gasteiger partial charge in [0.15, 0.2) is 0 Å². The summed E-state index contributed by atoms with van der Waals surface area (Å²) in [4.78, 5) is 4.00. The van der Waals surface area contributed by atoms with Crippen LogP contribution in [0.1, 0.15) is 37.4 Å². The van der Waals surface area contributed by atoms with E-state index < -0.39 is 0 Å². The molecule has 1 atom stereocenters. The molecule has 2 rings (SSSR count). The van der Waals surface area contributed by atoms with Crippen LogP contribution in [-0.2, 0) is 0 Å². The highest BCUT2D eigenvalue weighted by molar-refractivity contribution is 5.87. The number of fused-ring (bicyclic) bond motifs is 1. The number of hydrogen-bond acceptors (Lipinski definition) is 1. The van der Waals surface area contributed by atoms with Crippen molar-refractivity contribution in [2.24, 2.45) is 0 Å². The summed E-state index contributed by atoms with van der Waals surface area (Å²) in [6, 6.07) is 7.90. The van der Waals surface area contributed by atoms with Crippen LogP contribution in [0.3, 0.4) is 0 Å². The third-order valence-corrected chi connectivity index (χ3v) is 3.20. The van der Waals surface area contributed by atoms with Crippen LogP contribution in [0.15, 0.2) is 24.3 Å². The summed E-state index contributed by atoms with van der Waals surface area (Å²) in [5.41, 5.74) is 1.52. The Kier molecular flexibility index (Phi) is 2.90. The quantitative estimate of drug-likeness (QED) is 0.687. The minimum atomic E-state index is -0.314. The number of pyridine rings is 1. The molecule has 0 radical (unpaired) electrons. The van der Waals surface area contributed by atoms with Crippen molar-refractivity contribution >= 4 is 10.8 Å². The molecule has 2 aromatic rings. The van der Waals surface area contributed by atoms with Crippen molar-refractivity contribution in [3.63, 3.8) is 0 Å². The molecular formula is C14H16FN. The molecule has 1 nitrogen and oxygen atoms in total. The maximum Gasteiger partial charge on any atom is 0.217 e. The first-order valence-corrected chi connectivity index (χ1v) is 5.69. The largest absolute Gasteiger partial charge is 0.224 e. The number of rotatable bonds is 2. The van der Waals surface area contributed by atoms with Gasteiger partial charge < -0.3 is 0 Å². The molecule has 0 aliphatic carbocycles. The van der Waals surface area contributed by atoms with Crippen molar-refractivity contribution in [3.05, 3.63) is 41.5 Å². The predicted octanol–water partition coefficient (Wildman–Crippen LogP) is 4.20. The zero-order valence-electron chi connectivity index (χ0n) is 9.92. The van der Waals surface area contributed by atoms with E-state index in [4.69, 9.17) is 0 Å². The van der Waals surface area contributed by atoms with Gasteiger partial charge in [0.2, 0.25) is 5.95 Å². The lowest BCUT2D eigenvalue weighted by atomic mass is 9.94. The van der Waals surface area contributed by atoms with E-state index in [1.807, 2.05) is 38.1 Å². The number of aryl methyl sites for hydroxylation is 1. The zero-order chi connectivity index (χ0) is 11.7. The van der Waals surface area contributed by atoms with Gasteiger partial charge in [-0.25, -0.2) is 4.98 Å². The van der Waals surface area contributed by atoms with Crippen LogP contribution in [0.25, 0.3) is 10.8 Å². The molecule has 0 aliphatic heterocycles. The van der Waals surface area contributed by atoms with Gasteiger partial charge in [-0.3, -0.25) is 0 Å². The Morgan fingerprint density at radius 1 is 1.25 bits per heavy atom. The smallest absolute Gasteiger partial charge is 0.217 e. The molecule has 16 heavy (non-hydrogen) atoms. The van der Waals surface area contributed by atoms with E-state index >= 15 is 0 Å². The van der Waals surface area contributed by atoms with Crippen LogP contribution in [0.5, 0.6) is 0 Å². The third kappa shape index (κ3) is 1.69. The lowest BCUT2D eigenvalue weighted by molar-refractivity contribution is 0.548. The highest BCUT2D eigenvalue weighted by Crippen LogP contribution is 2.30. The van der Waals surface area contributed by atoms with Gasteiger partial charge >= 0.3 is 0 Å². The average molecular weight is 217 g/mol. The van der Waals surface area contributed by atoms with E-state index in [1.54, 1.807) is 0 Å². The normalized spacial score (nSPS) is 13.0. The summed E-state index contributed by atoms with van der Waals surface area (Å²) in [5, 5.41) is 2.06. The van der Waals surface area contributed by atoms with Crippen LogP contribution < -0.4 is 0 Å². The van der Waals surface area contributed by atoms with Crippen LogP contribution in [-0.4, -0.2) is 4.98 Å². The molecule has 1 aromatic heterocycles. The Hall–Kier alpha value is -1.44. The van der Waals surface area contributed by atoms with Crippen molar-refractivity contribution < 1.29 is 4.39 Å². The Bertz CT molecular complexity index is 519. The fourth-order valence-electron chi connectivity index (χ4n) is 2.09. The SMILES string of the molecule is CCC(C)c1c(F)nc(C)c2ccccc12. The summed E-state index contributed by atoms with van der Waals surface area (Å²) >= 11 is 0. The van der Waals surface area contributed by atoms with E-state index in [9.17, 15) is 4.39 Å². The van der Waals surface area contributed by atoms with Crippen molar-refractivity contribution in [2.45, 2.75) is 33.1 Å². The van der Waals surface area contributed by atoms with Gasteiger partial charge in [-0.1, -0.05) is 38.1 Å². The number of aromatic nitrogens is 1. The van der Waals surface area contributed by atoms with Crippen molar-refractivity contribution in [3.8, 4) is 0 Å². The Labute approximate surface area is 95.3 Å². The van der Waals surface area contributed by atoms with Gasteiger partial charge in [0.1, 0.15) is 0 Å². The summed E-state index contributed by atoms with van der Waals surface area (Å²) < 4.78 is 13.9. The molecule has 1 heterocycles. The van der Waals surface area contributed by atoms with E-state index in [1.165, 1.54) is 0 Å². The van der Waals surface area contributed by atoms with Crippen molar-refractivity contribution in [2.75, 3.05) is 0 Å². The molecular weight excluding hydrogens is 201 g/mol. The second-order valence-electron chi connectivity index (χ2n) is 4.26. The van der Waals surface area contributed by atoms with E-state index in [-0.39, 0.29) is 11.9 Å². The van der Waals surface area contributed by atoms with Gasteiger partial charge in [-0.05, 0) is 24.6 Å². The van der Waals surface area contributed by atoms with Gasteiger partial charge in [0.25, 0.3) is 0 Å². The summed E-state index contributed by atoms with van der Waals surface area (Å²) in [6.07, 6.45) is 0.922. The molecule has 2 heteroatoms. The lowest BCUT2D eigenvalue weighted by Crippen LogP contribution is -2.02. The van der Waals surface area contributed by atoms with Crippen molar-refractivity contribution in [1.82, 2.24) is 4.98 Å². The topological polar surface area (TPSA) is 12.9 Å². The van der Waals surface area contributed by atoms with Crippen molar-refractivity contribution in [1.29, 1.82) is 0 Å². The van der Waals surface area contributed by atoms with Gasteiger partial charge in [0, 0.05) is 16.6 Å². The number of halogens is 1. The Balaban J connectivity index is 2.81. The van der Waals surface area contributed by atoms with Crippen LogP contribution in [0.2, 0.25) is 0 Å².